The van der Waals surface area contributed by atoms with Crippen molar-refractivity contribution in [1.82, 2.24) is 9.36 Å². The van der Waals surface area contributed by atoms with E-state index >= 15 is 0 Å². The average Bonchev–Trinajstić information content (AvgIpc) is 2.80. The van der Waals surface area contributed by atoms with Crippen LogP contribution in [-0.4, -0.2) is 22.4 Å². The van der Waals surface area contributed by atoms with Crippen LogP contribution < -0.4 is 10.2 Å². The van der Waals surface area contributed by atoms with Crippen LogP contribution >= 0.6 is 27.5 Å². The van der Waals surface area contributed by atoms with Crippen molar-refractivity contribution in [2.24, 2.45) is 0 Å². The van der Waals surface area contributed by atoms with Crippen LogP contribution in [0.15, 0.2) is 22.9 Å². The van der Waals surface area contributed by atoms with Gasteiger partial charge in [-0.2, -0.15) is 9.36 Å². The Bertz CT molecular complexity index is 551. The van der Waals surface area contributed by atoms with Gasteiger partial charge in [-0.3, -0.25) is 0 Å². The molecule has 0 aliphatic carbocycles. The molecule has 0 radical (unpaired) electrons. The van der Waals surface area contributed by atoms with E-state index in [0.717, 1.165) is 23.9 Å². The molecule has 2 aromatic rings. The number of benzene rings is 1. The highest BCUT2D eigenvalue weighted by molar-refractivity contribution is 9.10. The Morgan fingerprint density at radius 1 is 1.32 bits per heavy atom. The summed E-state index contributed by atoms with van der Waals surface area (Å²) in [7, 11) is 0. The third kappa shape index (κ3) is 3.45. The second kappa shape index (κ2) is 6.34. The fourth-order valence-corrected chi connectivity index (χ4v) is 2.94. The van der Waals surface area contributed by atoms with E-state index in [1.807, 2.05) is 0 Å². The third-order valence-electron chi connectivity index (χ3n) is 2.98. The Morgan fingerprint density at radius 2 is 2.05 bits per heavy atom. The fraction of sp³-hybridized carbons (Fsp3) is 0.385. The molecule has 0 unspecified atom stereocenters. The van der Waals surface area contributed by atoms with E-state index in [2.05, 4.69) is 74.5 Å². The molecule has 0 spiro atoms. The number of aryl methyl sites for hydroxylation is 1. The van der Waals surface area contributed by atoms with Crippen LogP contribution in [0.25, 0.3) is 0 Å². The molecule has 0 saturated carbocycles. The minimum atomic E-state index is 0.623. The lowest BCUT2D eigenvalue weighted by Crippen LogP contribution is -2.21. The number of nitrogens with zero attached hydrogens (tertiary/aromatic N) is 3. The molecule has 0 bridgehead atoms. The summed E-state index contributed by atoms with van der Waals surface area (Å²) >= 11 is 4.60. The van der Waals surface area contributed by atoms with Gasteiger partial charge in [0.2, 0.25) is 9.87 Å². The molecule has 102 valence electrons. The summed E-state index contributed by atoms with van der Waals surface area (Å²) in [5, 5.41) is 4.09. The highest BCUT2D eigenvalue weighted by atomic mass is 79.9. The van der Waals surface area contributed by atoms with Gasteiger partial charge in [-0.25, -0.2) is 0 Å². The first-order valence-electron chi connectivity index (χ1n) is 6.25. The molecule has 0 fully saturated rings. The summed E-state index contributed by atoms with van der Waals surface area (Å²) in [6, 6.07) is 6.43. The first-order chi connectivity index (χ1) is 9.13. The Hall–Kier alpha value is -1.14. The van der Waals surface area contributed by atoms with E-state index in [1.165, 1.54) is 22.8 Å². The van der Waals surface area contributed by atoms with Gasteiger partial charge < -0.3 is 10.2 Å². The van der Waals surface area contributed by atoms with E-state index in [9.17, 15) is 0 Å². The normalized spacial score (nSPS) is 10.5. The van der Waals surface area contributed by atoms with Crippen LogP contribution in [0.4, 0.5) is 16.5 Å². The van der Waals surface area contributed by atoms with Gasteiger partial charge in [-0.15, -0.1) is 0 Å². The average molecular weight is 341 g/mol. The second-order valence-corrected chi connectivity index (χ2v) is 5.63. The van der Waals surface area contributed by atoms with Crippen LogP contribution in [-0.2, 0) is 0 Å². The fourth-order valence-electron chi connectivity index (χ4n) is 1.95. The van der Waals surface area contributed by atoms with Gasteiger partial charge in [-0.05, 0) is 60.5 Å². The number of rotatable bonds is 5. The van der Waals surface area contributed by atoms with Crippen molar-refractivity contribution < 1.29 is 0 Å². The van der Waals surface area contributed by atoms with Crippen molar-refractivity contribution in [1.29, 1.82) is 0 Å². The Morgan fingerprint density at radius 3 is 2.58 bits per heavy atom. The van der Waals surface area contributed by atoms with E-state index in [0.29, 0.717) is 4.73 Å². The number of hydrogen-bond acceptors (Lipinski definition) is 5. The third-order valence-corrected chi connectivity index (χ3v) is 4.20. The first-order valence-corrected chi connectivity index (χ1v) is 7.82. The summed E-state index contributed by atoms with van der Waals surface area (Å²) in [6.45, 7) is 8.48. The van der Waals surface area contributed by atoms with Gasteiger partial charge in [0, 0.05) is 36.0 Å². The number of nitrogens with one attached hydrogen (secondary N) is 1. The number of hydrogen-bond donors (Lipinski definition) is 1. The highest BCUT2D eigenvalue weighted by Gasteiger charge is 2.07. The van der Waals surface area contributed by atoms with Gasteiger partial charge >= 0.3 is 0 Å². The largest absolute Gasteiger partial charge is 0.372 e. The maximum absolute atomic E-state index is 4.24. The summed E-state index contributed by atoms with van der Waals surface area (Å²) in [6.07, 6.45) is 0. The molecule has 1 aromatic heterocycles. The van der Waals surface area contributed by atoms with E-state index in [-0.39, 0.29) is 0 Å². The molecule has 0 atom stereocenters. The summed E-state index contributed by atoms with van der Waals surface area (Å²) in [5.74, 6) is 0. The Balaban J connectivity index is 2.19. The smallest absolute Gasteiger partial charge is 0.210 e. The van der Waals surface area contributed by atoms with Crippen molar-refractivity contribution in [3.63, 3.8) is 0 Å². The molecule has 2 rings (SSSR count). The summed E-state index contributed by atoms with van der Waals surface area (Å²) in [4.78, 5) is 6.57. The van der Waals surface area contributed by atoms with Crippen LogP contribution in [0.2, 0.25) is 0 Å². The molecule has 6 heteroatoms. The van der Waals surface area contributed by atoms with Crippen LogP contribution in [0, 0.1) is 6.92 Å². The number of aromatic nitrogens is 2. The van der Waals surface area contributed by atoms with Crippen molar-refractivity contribution in [3.05, 3.63) is 28.5 Å². The van der Waals surface area contributed by atoms with Crippen molar-refractivity contribution in [3.8, 4) is 0 Å². The number of halogens is 1. The minimum Gasteiger partial charge on any atom is -0.372 e. The zero-order chi connectivity index (χ0) is 13.8. The maximum atomic E-state index is 4.24. The zero-order valence-corrected chi connectivity index (χ0v) is 13.7. The van der Waals surface area contributed by atoms with Crippen molar-refractivity contribution >= 4 is 44.0 Å². The van der Waals surface area contributed by atoms with Crippen LogP contribution in [0.3, 0.4) is 0 Å². The topological polar surface area (TPSA) is 41.0 Å². The van der Waals surface area contributed by atoms with Crippen LogP contribution in [0.1, 0.15) is 19.4 Å². The van der Waals surface area contributed by atoms with Gasteiger partial charge in [-0.1, -0.05) is 0 Å². The molecule has 1 heterocycles. The molecule has 4 nitrogen and oxygen atoms in total. The molecule has 0 saturated heterocycles. The van der Waals surface area contributed by atoms with Gasteiger partial charge in [0.25, 0.3) is 0 Å². The Kier molecular flexibility index (Phi) is 4.76. The predicted molar refractivity (Wildman–Crippen MR) is 85.6 cm³/mol. The summed E-state index contributed by atoms with van der Waals surface area (Å²) in [5.41, 5.74) is 3.53. The van der Waals surface area contributed by atoms with Gasteiger partial charge in [0.15, 0.2) is 0 Å². The monoisotopic (exact) mass is 340 g/mol. The second-order valence-electron chi connectivity index (χ2n) is 4.17. The van der Waals surface area contributed by atoms with Crippen molar-refractivity contribution in [2.75, 3.05) is 23.3 Å². The SMILES string of the molecule is CCN(CC)c1ccc(Nc2nc(Br)ns2)c(C)c1. The minimum absolute atomic E-state index is 0.623. The first kappa shape index (κ1) is 14.3. The molecule has 0 aliphatic rings. The van der Waals surface area contributed by atoms with Crippen molar-refractivity contribution in [2.45, 2.75) is 20.8 Å². The Labute approximate surface area is 126 Å². The molecule has 0 amide bonds. The standard InChI is InChI=1S/C13H17BrN4S/c1-4-18(5-2)10-6-7-11(9(3)8-10)15-13-16-12(14)17-19-13/h6-8H,4-5H2,1-3H3,(H,15,16,17). The molecule has 1 aromatic carbocycles. The maximum Gasteiger partial charge on any atom is 0.210 e. The number of anilines is 3. The van der Waals surface area contributed by atoms with Gasteiger partial charge in [0.1, 0.15) is 0 Å². The molecule has 0 aliphatic heterocycles. The highest BCUT2D eigenvalue weighted by Crippen LogP contribution is 2.26. The lowest BCUT2D eigenvalue weighted by atomic mass is 10.1. The summed E-state index contributed by atoms with van der Waals surface area (Å²) < 4.78 is 4.71. The molecule has 1 N–H and O–H groups in total. The molecular formula is C13H17BrN4S. The zero-order valence-electron chi connectivity index (χ0n) is 11.3. The van der Waals surface area contributed by atoms with E-state index in [1.54, 1.807) is 0 Å². The lowest BCUT2D eigenvalue weighted by molar-refractivity contribution is 0.866. The molecule has 19 heavy (non-hydrogen) atoms. The predicted octanol–water partition coefficient (Wildman–Crippen LogP) is 4.20. The van der Waals surface area contributed by atoms with E-state index in [4.69, 9.17) is 0 Å². The molecular weight excluding hydrogens is 324 g/mol. The van der Waals surface area contributed by atoms with E-state index < -0.39 is 0 Å². The van der Waals surface area contributed by atoms with Crippen LogP contribution in [0.5, 0.6) is 0 Å². The van der Waals surface area contributed by atoms with Gasteiger partial charge in [0.05, 0.1) is 0 Å². The quantitative estimate of drug-likeness (QED) is 0.885. The lowest BCUT2D eigenvalue weighted by Gasteiger charge is -2.22.